The average Bonchev–Trinajstić information content (AvgIpc) is 2.58. The Morgan fingerprint density at radius 1 is 1.38 bits per heavy atom. The number of benzene rings is 1. The van der Waals surface area contributed by atoms with Crippen LogP contribution in [0.2, 0.25) is 0 Å². The fourth-order valence-corrected chi connectivity index (χ4v) is 2.40. The fourth-order valence-electron chi connectivity index (χ4n) is 2.05. The lowest BCUT2D eigenvalue weighted by Crippen LogP contribution is -1.99. The highest BCUT2D eigenvalue weighted by molar-refractivity contribution is 9.10. The first-order valence-electron chi connectivity index (χ1n) is 5.52. The summed E-state index contributed by atoms with van der Waals surface area (Å²) in [5.74, 6) is 0.503. The number of nitrogens with zero attached hydrogens (tertiary/aromatic N) is 1. The zero-order valence-corrected chi connectivity index (χ0v) is 11.2. The van der Waals surface area contributed by atoms with Gasteiger partial charge < -0.3 is 9.67 Å². The van der Waals surface area contributed by atoms with Gasteiger partial charge in [0.15, 0.2) is 0 Å². The van der Waals surface area contributed by atoms with Gasteiger partial charge in [0.2, 0.25) is 0 Å². The van der Waals surface area contributed by atoms with E-state index in [0.717, 1.165) is 4.47 Å². The summed E-state index contributed by atoms with van der Waals surface area (Å²) in [6.45, 7) is 5.22. The highest BCUT2D eigenvalue weighted by Gasteiger charge is 2.11. The Labute approximate surface area is 104 Å². The van der Waals surface area contributed by atoms with Gasteiger partial charge in [-0.2, -0.15) is 0 Å². The third-order valence-corrected chi connectivity index (χ3v) is 3.33. The summed E-state index contributed by atoms with van der Waals surface area (Å²) in [6, 6.07) is 6.32. The standard InChI is InChI=1S/C13H16BrNO/c1-9(2)12-8-15(5-6-16)13-7-10(14)3-4-11(12)13/h3-4,7-9,16H,5-6H2,1-2H3. The highest BCUT2D eigenvalue weighted by atomic mass is 79.9. The first-order chi connectivity index (χ1) is 7.63. The molecule has 0 unspecified atom stereocenters. The Balaban J connectivity index is 2.66. The smallest absolute Gasteiger partial charge is 0.0610 e. The number of aliphatic hydroxyl groups excluding tert-OH is 1. The van der Waals surface area contributed by atoms with Crippen molar-refractivity contribution in [2.75, 3.05) is 6.61 Å². The summed E-state index contributed by atoms with van der Waals surface area (Å²) >= 11 is 3.49. The first kappa shape index (κ1) is 11.7. The maximum atomic E-state index is 9.06. The minimum atomic E-state index is 0.174. The van der Waals surface area contributed by atoms with Crippen molar-refractivity contribution >= 4 is 26.8 Å². The summed E-state index contributed by atoms with van der Waals surface area (Å²) in [4.78, 5) is 0. The summed E-state index contributed by atoms with van der Waals surface area (Å²) in [7, 11) is 0. The van der Waals surface area contributed by atoms with Gasteiger partial charge in [0.1, 0.15) is 0 Å². The minimum Gasteiger partial charge on any atom is -0.395 e. The van der Waals surface area contributed by atoms with Gasteiger partial charge in [0, 0.05) is 28.1 Å². The lowest BCUT2D eigenvalue weighted by Gasteiger charge is -2.02. The second kappa shape index (κ2) is 4.60. The van der Waals surface area contributed by atoms with Crippen molar-refractivity contribution in [3.05, 3.63) is 34.4 Å². The van der Waals surface area contributed by atoms with Crippen LogP contribution in [-0.2, 0) is 6.54 Å². The van der Waals surface area contributed by atoms with E-state index in [0.29, 0.717) is 12.5 Å². The molecule has 0 aliphatic rings. The molecule has 2 nitrogen and oxygen atoms in total. The van der Waals surface area contributed by atoms with Crippen LogP contribution in [0.5, 0.6) is 0 Å². The lowest BCUT2D eigenvalue weighted by molar-refractivity contribution is 0.278. The molecule has 0 bridgehead atoms. The number of aromatic nitrogens is 1. The van der Waals surface area contributed by atoms with Gasteiger partial charge in [-0.25, -0.2) is 0 Å². The van der Waals surface area contributed by atoms with E-state index in [9.17, 15) is 0 Å². The van der Waals surface area contributed by atoms with E-state index < -0.39 is 0 Å². The van der Waals surface area contributed by atoms with Crippen LogP contribution in [0.25, 0.3) is 10.9 Å². The second-order valence-electron chi connectivity index (χ2n) is 4.32. The highest BCUT2D eigenvalue weighted by Crippen LogP contribution is 2.29. The minimum absolute atomic E-state index is 0.174. The largest absolute Gasteiger partial charge is 0.395 e. The summed E-state index contributed by atoms with van der Waals surface area (Å²) in [6.07, 6.45) is 2.15. The van der Waals surface area contributed by atoms with Crippen molar-refractivity contribution < 1.29 is 5.11 Å². The molecule has 0 radical (unpaired) electrons. The summed E-state index contributed by atoms with van der Waals surface area (Å²) in [5.41, 5.74) is 2.53. The molecular weight excluding hydrogens is 266 g/mol. The van der Waals surface area contributed by atoms with Crippen LogP contribution >= 0.6 is 15.9 Å². The molecule has 0 saturated carbocycles. The molecule has 0 aliphatic carbocycles. The number of rotatable bonds is 3. The topological polar surface area (TPSA) is 25.2 Å². The van der Waals surface area contributed by atoms with E-state index in [-0.39, 0.29) is 6.61 Å². The van der Waals surface area contributed by atoms with E-state index >= 15 is 0 Å². The number of hydrogen-bond donors (Lipinski definition) is 1. The van der Waals surface area contributed by atoms with Crippen LogP contribution in [0.3, 0.4) is 0 Å². The number of aliphatic hydroxyl groups is 1. The Morgan fingerprint density at radius 3 is 2.75 bits per heavy atom. The van der Waals surface area contributed by atoms with E-state index in [2.05, 4.69) is 58.7 Å². The van der Waals surface area contributed by atoms with E-state index in [1.807, 2.05) is 0 Å². The first-order valence-corrected chi connectivity index (χ1v) is 6.32. The number of halogens is 1. The van der Waals surface area contributed by atoms with Crippen LogP contribution in [0.1, 0.15) is 25.3 Å². The molecule has 1 heterocycles. The third kappa shape index (κ3) is 2.02. The molecule has 0 atom stereocenters. The van der Waals surface area contributed by atoms with Gasteiger partial charge >= 0.3 is 0 Å². The predicted molar refractivity (Wildman–Crippen MR) is 70.8 cm³/mol. The van der Waals surface area contributed by atoms with Crippen LogP contribution < -0.4 is 0 Å². The van der Waals surface area contributed by atoms with Crippen LogP contribution in [-0.4, -0.2) is 16.3 Å². The molecule has 2 rings (SSSR count). The molecule has 1 aromatic carbocycles. The Bertz CT molecular complexity index is 502. The maximum absolute atomic E-state index is 9.06. The van der Waals surface area contributed by atoms with Crippen LogP contribution in [0, 0.1) is 0 Å². The van der Waals surface area contributed by atoms with Crippen molar-refractivity contribution in [1.82, 2.24) is 4.57 Å². The molecule has 16 heavy (non-hydrogen) atoms. The second-order valence-corrected chi connectivity index (χ2v) is 5.23. The predicted octanol–water partition coefficient (Wildman–Crippen LogP) is 3.52. The van der Waals surface area contributed by atoms with Crippen molar-refractivity contribution in [2.24, 2.45) is 0 Å². The number of fused-ring (bicyclic) bond motifs is 1. The van der Waals surface area contributed by atoms with Crippen molar-refractivity contribution in [1.29, 1.82) is 0 Å². The molecule has 2 aromatic rings. The van der Waals surface area contributed by atoms with E-state index in [4.69, 9.17) is 5.11 Å². The third-order valence-electron chi connectivity index (χ3n) is 2.84. The summed E-state index contributed by atoms with van der Waals surface area (Å²) < 4.78 is 3.20. The van der Waals surface area contributed by atoms with Crippen molar-refractivity contribution in [2.45, 2.75) is 26.3 Å². The molecular formula is C13H16BrNO. The lowest BCUT2D eigenvalue weighted by atomic mass is 10.0. The van der Waals surface area contributed by atoms with E-state index in [1.165, 1.54) is 16.5 Å². The van der Waals surface area contributed by atoms with Crippen molar-refractivity contribution in [3.63, 3.8) is 0 Å². The van der Waals surface area contributed by atoms with Gasteiger partial charge in [0.25, 0.3) is 0 Å². The molecule has 0 amide bonds. The molecule has 0 aliphatic heterocycles. The normalized spacial score (nSPS) is 11.6. The zero-order chi connectivity index (χ0) is 11.7. The van der Waals surface area contributed by atoms with Gasteiger partial charge in [-0.1, -0.05) is 35.8 Å². The van der Waals surface area contributed by atoms with Crippen LogP contribution in [0.15, 0.2) is 28.9 Å². The van der Waals surface area contributed by atoms with E-state index in [1.54, 1.807) is 0 Å². The molecule has 1 N–H and O–H groups in total. The SMILES string of the molecule is CC(C)c1cn(CCO)c2cc(Br)ccc12. The van der Waals surface area contributed by atoms with Gasteiger partial charge in [-0.05, 0) is 23.6 Å². The molecule has 3 heteroatoms. The monoisotopic (exact) mass is 281 g/mol. The molecule has 0 saturated heterocycles. The van der Waals surface area contributed by atoms with Gasteiger partial charge in [0.05, 0.1) is 6.61 Å². The Hall–Kier alpha value is -0.800. The quantitative estimate of drug-likeness (QED) is 0.915. The molecule has 0 spiro atoms. The van der Waals surface area contributed by atoms with Crippen LogP contribution in [0.4, 0.5) is 0 Å². The maximum Gasteiger partial charge on any atom is 0.0610 e. The average molecular weight is 282 g/mol. The summed E-state index contributed by atoms with van der Waals surface area (Å²) in [5, 5.41) is 10.3. The van der Waals surface area contributed by atoms with Gasteiger partial charge in [-0.3, -0.25) is 0 Å². The molecule has 86 valence electrons. The zero-order valence-electron chi connectivity index (χ0n) is 9.57. The molecule has 0 fully saturated rings. The Kier molecular flexibility index (Phi) is 3.36. The Morgan fingerprint density at radius 2 is 2.12 bits per heavy atom. The molecule has 1 aromatic heterocycles. The number of hydrogen-bond acceptors (Lipinski definition) is 1. The fraction of sp³-hybridized carbons (Fsp3) is 0.385. The van der Waals surface area contributed by atoms with Gasteiger partial charge in [-0.15, -0.1) is 0 Å². The van der Waals surface area contributed by atoms with Crippen molar-refractivity contribution in [3.8, 4) is 0 Å².